The first-order valence-electron chi connectivity index (χ1n) is 4.51. The second-order valence-electron chi connectivity index (χ2n) is 3.65. The first-order valence-corrected chi connectivity index (χ1v) is 5.30. The van der Waals surface area contributed by atoms with Crippen LogP contribution in [0.1, 0.15) is 18.4 Å². The number of aromatic hydroxyl groups is 2. The molecule has 84 valence electrons. The summed E-state index contributed by atoms with van der Waals surface area (Å²) in [5.41, 5.74) is -0.846. The van der Waals surface area contributed by atoms with Crippen LogP contribution in [-0.2, 0) is 10.3 Å². The van der Waals surface area contributed by atoms with Crippen molar-refractivity contribution in [2.75, 3.05) is 0 Å². The van der Waals surface area contributed by atoms with Gasteiger partial charge in [0.1, 0.15) is 5.54 Å². The van der Waals surface area contributed by atoms with E-state index in [9.17, 15) is 19.4 Å². The summed E-state index contributed by atoms with van der Waals surface area (Å²) in [7, 11) is 0. The molecular weight excluding hydrogens is 281 g/mol. The maximum Gasteiger partial charge on any atom is 0.235 e. The zero-order valence-corrected chi connectivity index (χ0v) is 9.58. The molecule has 0 saturated heterocycles. The third-order valence-corrected chi connectivity index (χ3v) is 3.25. The number of carbonyl (C=O) groups excluding carboxylic acids is 1. The van der Waals surface area contributed by atoms with Gasteiger partial charge in [0, 0.05) is 10.0 Å². The smallest absolute Gasteiger partial charge is 0.235 e. The molecule has 0 heterocycles. The van der Waals surface area contributed by atoms with Crippen molar-refractivity contribution in [1.82, 2.24) is 0 Å². The van der Waals surface area contributed by atoms with E-state index in [4.69, 9.17) is 0 Å². The number of aliphatic imine (C=N–C) groups is 1. The summed E-state index contributed by atoms with van der Waals surface area (Å²) in [6, 6.07) is 1.17. The number of phenols is 2. The molecule has 1 saturated carbocycles. The van der Waals surface area contributed by atoms with Crippen LogP contribution in [0.4, 0.5) is 4.39 Å². The lowest BCUT2D eigenvalue weighted by atomic mass is 10.0. The van der Waals surface area contributed by atoms with Crippen LogP contribution < -0.4 is 0 Å². The molecule has 0 radical (unpaired) electrons. The summed E-state index contributed by atoms with van der Waals surface area (Å²) < 4.78 is 14.0. The van der Waals surface area contributed by atoms with Crippen molar-refractivity contribution < 1.29 is 19.4 Å². The first kappa shape index (κ1) is 11.1. The van der Waals surface area contributed by atoms with E-state index in [2.05, 4.69) is 20.9 Å². The Morgan fingerprint density at radius 3 is 2.62 bits per heavy atom. The third-order valence-electron chi connectivity index (χ3n) is 2.62. The predicted molar refractivity (Wildman–Crippen MR) is 56.5 cm³/mol. The maximum absolute atomic E-state index is 13.8. The van der Waals surface area contributed by atoms with E-state index in [1.807, 2.05) is 0 Å². The summed E-state index contributed by atoms with van der Waals surface area (Å²) >= 11 is 3.08. The molecule has 0 atom stereocenters. The van der Waals surface area contributed by atoms with E-state index in [1.54, 1.807) is 0 Å². The molecule has 0 unspecified atom stereocenters. The fourth-order valence-corrected chi connectivity index (χ4v) is 2.41. The minimum absolute atomic E-state index is 0.0890. The van der Waals surface area contributed by atoms with Gasteiger partial charge in [0.2, 0.25) is 6.08 Å². The second kappa shape index (κ2) is 3.57. The van der Waals surface area contributed by atoms with Gasteiger partial charge < -0.3 is 10.2 Å². The molecule has 0 bridgehead atoms. The van der Waals surface area contributed by atoms with Gasteiger partial charge in [-0.05, 0) is 18.9 Å². The number of isocyanates is 1. The zero-order valence-electron chi connectivity index (χ0n) is 8.00. The Balaban J connectivity index is 2.66. The SMILES string of the molecule is O=C=NC1(c2c(Br)cc(O)c(O)c2F)CC1. The number of hydrogen-bond acceptors (Lipinski definition) is 4. The highest BCUT2D eigenvalue weighted by Gasteiger charge is 2.49. The fourth-order valence-electron chi connectivity index (χ4n) is 1.65. The fraction of sp³-hybridized carbons (Fsp3) is 0.300. The molecule has 0 amide bonds. The Morgan fingerprint density at radius 2 is 2.12 bits per heavy atom. The molecular formula is C10H7BrFNO3. The number of benzene rings is 1. The molecule has 1 aromatic rings. The lowest BCUT2D eigenvalue weighted by molar-refractivity contribution is 0.373. The Kier molecular flexibility index (Phi) is 2.48. The van der Waals surface area contributed by atoms with E-state index < -0.39 is 22.9 Å². The van der Waals surface area contributed by atoms with Crippen LogP contribution in [0.5, 0.6) is 11.5 Å². The van der Waals surface area contributed by atoms with Gasteiger partial charge in [-0.2, -0.15) is 4.99 Å². The van der Waals surface area contributed by atoms with Crippen molar-refractivity contribution in [3.05, 3.63) is 21.9 Å². The molecule has 1 aromatic carbocycles. The first-order chi connectivity index (χ1) is 7.52. The average Bonchev–Trinajstić information content (AvgIpc) is 2.96. The third kappa shape index (κ3) is 1.50. The minimum atomic E-state index is -0.955. The minimum Gasteiger partial charge on any atom is -0.504 e. The molecule has 16 heavy (non-hydrogen) atoms. The van der Waals surface area contributed by atoms with Gasteiger partial charge in [-0.25, -0.2) is 9.18 Å². The summed E-state index contributed by atoms with van der Waals surface area (Å²) in [5.74, 6) is -2.34. The van der Waals surface area contributed by atoms with Crippen molar-refractivity contribution >= 4 is 22.0 Å². The van der Waals surface area contributed by atoms with Crippen molar-refractivity contribution in [2.45, 2.75) is 18.4 Å². The van der Waals surface area contributed by atoms with Crippen molar-refractivity contribution in [3.63, 3.8) is 0 Å². The van der Waals surface area contributed by atoms with Crippen LogP contribution in [-0.4, -0.2) is 16.3 Å². The van der Waals surface area contributed by atoms with E-state index in [0.717, 1.165) is 0 Å². The van der Waals surface area contributed by atoms with Crippen molar-refractivity contribution in [1.29, 1.82) is 0 Å². The largest absolute Gasteiger partial charge is 0.504 e. The number of phenolic OH excluding ortho intramolecular Hbond substituents is 2. The molecule has 6 heteroatoms. The quantitative estimate of drug-likeness (QED) is 0.498. The standard InChI is InChI=1S/C10H7BrFNO3/c11-5-3-6(15)9(16)8(12)7(5)10(1-2-10)13-4-14/h3,15-16H,1-2H2. The molecule has 0 aliphatic heterocycles. The number of hydrogen-bond donors (Lipinski definition) is 2. The van der Waals surface area contributed by atoms with E-state index >= 15 is 0 Å². The number of halogens is 2. The van der Waals surface area contributed by atoms with Crippen LogP contribution >= 0.6 is 15.9 Å². The summed E-state index contributed by atoms with van der Waals surface area (Å²) in [6.07, 6.45) is 2.43. The molecule has 4 nitrogen and oxygen atoms in total. The van der Waals surface area contributed by atoms with Gasteiger partial charge in [0.05, 0.1) is 0 Å². The van der Waals surface area contributed by atoms with Gasteiger partial charge in [-0.15, -0.1) is 0 Å². The van der Waals surface area contributed by atoms with E-state index in [0.29, 0.717) is 12.8 Å². The highest BCUT2D eigenvalue weighted by atomic mass is 79.9. The monoisotopic (exact) mass is 287 g/mol. The summed E-state index contributed by atoms with van der Waals surface area (Å²) in [6.45, 7) is 0. The lowest BCUT2D eigenvalue weighted by Gasteiger charge is -2.13. The van der Waals surface area contributed by atoms with Gasteiger partial charge in [-0.1, -0.05) is 15.9 Å². The summed E-state index contributed by atoms with van der Waals surface area (Å²) in [5, 5.41) is 18.5. The number of rotatable bonds is 2. The van der Waals surface area contributed by atoms with Gasteiger partial charge in [0.25, 0.3) is 0 Å². The molecule has 1 aliphatic rings. The van der Waals surface area contributed by atoms with E-state index in [1.165, 1.54) is 12.1 Å². The lowest BCUT2D eigenvalue weighted by Crippen LogP contribution is -2.07. The molecule has 2 N–H and O–H groups in total. The molecule has 2 rings (SSSR count). The zero-order chi connectivity index (χ0) is 11.9. The molecule has 0 spiro atoms. The average molecular weight is 288 g/mol. The normalized spacial score (nSPS) is 16.6. The van der Waals surface area contributed by atoms with Crippen LogP contribution in [0.25, 0.3) is 0 Å². The molecule has 1 aliphatic carbocycles. The van der Waals surface area contributed by atoms with Crippen molar-refractivity contribution in [3.8, 4) is 11.5 Å². The Bertz CT molecular complexity index is 507. The maximum atomic E-state index is 13.8. The second-order valence-corrected chi connectivity index (χ2v) is 4.50. The van der Waals surface area contributed by atoms with Crippen LogP contribution in [0.3, 0.4) is 0 Å². The Morgan fingerprint density at radius 1 is 1.50 bits per heavy atom. The highest BCUT2D eigenvalue weighted by Crippen LogP contribution is 2.54. The van der Waals surface area contributed by atoms with Gasteiger partial charge in [0.15, 0.2) is 17.3 Å². The Labute approximate surface area is 98.6 Å². The van der Waals surface area contributed by atoms with Gasteiger partial charge in [-0.3, -0.25) is 0 Å². The van der Waals surface area contributed by atoms with Crippen LogP contribution in [0.15, 0.2) is 15.5 Å². The predicted octanol–water partition coefficient (Wildman–Crippen LogP) is 2.32. The van der Waals surface area contributed by atoms with Crippen LogP contribution in [0.2, 0.25) is 0 Å². The summed E-state index contributed by atoms with van der Waals surface area (Å²) in [4.78, 5) is 13.8. The molecule has 1 fully saturated rings. The van der Waals surface area contributed by atoms with Crippen molar-refractivity contribution in [2.24, 2.45) is 4.99 Å². The highest BCUT2D eigenvalue weighted by molar-refractivity contribution is 9.10. The molecule has 0 aromatic heterocycles. The van der Waals surface area contributed by atoms with Crippen LogP contribution in [0, 0.1) is 5.82 Å². The Hall–Kier alpha value is -1.39. The van der Waals surface area contributed by atoms with Gasteiger partial charge >= 0.3 is 0 Å². The number of nitrogens with zero attached hydrogens (tertiary/aromatic N) is 1. The topological polar surface area (TPSA) is 69.9 Å². The van der Waals surface area contributed by atoms with E-state index in [-0.39, 0.29) is 10.0 Å².